The Kier molecular flexibility index (Phi) is 5.16. The smallest absolute Gasteiger partial charge is 0.130 e. The molecule has 0 spiro atoms. The molecule has 5 rings (SSSR count). The molecule has 0 radical (unpaired) electrons. The zero-order chi connectivity index (χ0) is 20.3. The summed E-state index contributed by atoms with van der Waals surface area (Å²) < 4.78 is 6.03. The predicted octanol–water partition coefficient (Wildman–Crippen LogP) is 5.05. The van der Waals surface area contributed by atoms with Crippen molar-refractivity contribution in [3.8, 4) is 5.75 Å². The number of aryl methyl sites for hydroxylation is 1. The number of hydrogen-bond donors (Lipinski definition) is 1. The second-order valence-electron chi connectivity index (χ2n) is 7.95. The maximum absolute atomic E-state index is 11.0. The standard InChI is InChI=1S/C26H24N2O2/c29-26-21(14-18-4-3-13-27-16-18)8-7-19-10-12-23(15-24(19)26)30-17-22-11-9-20-5-1-2-6-25(20)28-22/h1-6,9-13,15-16,21,26,29H,7-8,14,17H2/t21-,26+/m0/s1. The van der Waals surface area contributed by atoms with E-state index >= 15 is 0 Å². The molecule has 0 unspecified atom stereocenters. The summed E-state index contributed by atoms with van der Waals surface area (Å²) in [6.07, 6.45) is 5.97. The summed E-state index contributed by atoms with van der Waals surface area (Å²) in [6.45, 7) is 0.402. The topological polar surface area (TPSA) is 55.2 Å². The van der Waals surface area contributed by atoms with Gasteiger partial charge in [-0.2, -0.15) is 0 Å². The highest BCUT2D eigenvalue weighted by Crippen LogP contribution is 2.38. The van der Waals surface area contributed by atoms with E-state index in [1.54, 1.807) is 6.20 Å². The first-order valence-corrected chi connectivity index (χ1v) is 10.4. The normalized spacial score (nSPS) is 18.2. The molecule has 0 saturated carbocycles. The van der Waals surface area contributed by atoms with Gasteiger partial charge in [0.05, 0.1) is 17.3 Å². The number of pyridine rings is 2. The van der Waals surface area contributed by atoms with Gasteiger partial charge in [-0.15, -0.1) is 0 Å². The molecule has 0 fully saturated rings. The second kappa shape index (κ2) is 8.25. The number of fused-ring (bicyclic) bond motifs is 2. The molecule has 150 valence electrons. The minimum absolute atomic E-state index is 0.194. The summed E-state index contributed by atoms with van der Waals surface area (Å²) in [5, 5.41) is 12.1. The summed E-state index contributed by atoms with van der Waals surface area (Å²) in [6, 6.07) is 22.2. The number of aromatic nitrogens is 2. The number of para-hydroxylation sites is 1. The fourth-order valence-electron chi connectivity index (χ4n) is 4.30. The summed E-state index contributed by atoms with van der Waals surface area (Å²) in [4.78, 5) is 8.87. The van der Waals surface area contributed by atoms with Crippen molar-refractivity contribution in [2.24, 2.45) is 5.92 Å². The van der Waals surface area contributed by atoms with Crippen molar-refractivity contribution in [2.75, 3.05) is 0 Å². The molecule has 4 heteroatoms. The number of rotatable bonds is 5. The van der Waals surface area contributed by atoms with Gasteiger partial charge in [-0.05, 0) is 72.2 Å². The Morgan fingerprint density at radius 1 is 1.00 bits per heavy atom. The zero-order valence-corrected chi connectivity index (χ0v) is 16.7. The first-order chi connectivity index (χ1) is 14.8. The van der Waals surface area contributed by atoms with Crippen molar-refractivity contribution in [1.29, 1.82) is 0 Å². The molecule has 2 heterocycles. The van der Waals surface area contributed by atoms with E-state index in [-0.39, 0.29) is 5.92 Å². The van der Waals surface area contributed by atoms with Gasteiger partial charge in [0.15, 0.2) is 0 Å². The monoisotopic (exact) mass is 396 g/mol. The van der Waals surface area contributed by atoms with Crippen LogP contribution in [0, 0.1) is 5.92 Å². The highest BCUT2D eigenvalue weighted by molar-refractivity contribution is 5.78. The van der Waals surface area contributed by atoms with Crippen LogP contribution in [0.4, 0.5) is 0 Å². The van der Waals surface area contributed by atoms with E-state index in [2.05, 4.69) is 34.2 Å². The number of aliphatic hydroxyl groups is 1. The molecule has 1 aliphatic rings. The van der Waals surface area contributed by atoms with Gasteiger partial charge in [0.1, 0.15) is 12.4 Å². The minimum atomic E-state index is -0.490. The Labute approximate surface area is 176 Å². The SMILES string of the molecule is O[C@H]1c2cc(OCc3ccc4ccccc4n3)ccc2CC[C@H]1Cc1cccnc1. The van der Waals surface area contributed by atoms with Crippen molar-refractivity contribution in [2.45, 2.75) is 32.0 Å². The van der Waals surface area contributed by atoms with Crippen LogP contribution in [-0.2, 0) is 19.4 Å². The van der Waals surface area contributed by atoms with Gasteiger partial charge < -0.3 is 9.84 Å². The van der Waals surface area contributed by atoms with E-state index in [1.807, 2.05) is 48.7 Å². The number of nitrogens with zero attached hydrogens (tertiary/aromatic N) is 2. The van der Waals surface area contributed by atoms with Crippen molar-refractivity contribution >= 4 is 10.9 Å². The third-order valence-corrected chi connectivity index (χ3v) is 5.93. The molecular weight excluding hydrogens is 372 g/mol. The molecule has 0 bridgehead atoms. The van der Waals surface area contributed by atoms with Gasteiger partial charge in [0.2, 0.25) is 0 Å². The minimum Gasteiger partial charge on any atom is -0.487 e. The maximum Gasteiger partial charge on any atom is 0.130 e. The second-order valence-corrected chi connectivity index (χ2v) is 7.95. The largest absolute Gasteiger partial charge is 0.487 e. The van der Waals surface area contributed by atoms with Crippen LogP contribution in [0.2, 0.25) is 0 Å². The van der Waals surface area contributed by atoms with Crippen LogP contribution in [0.3, 0.4) is 0 Å². The predicted molar refractivity (Wildman–Crippen MR) is 117 cm³/mol. The molecule has 2 aromatic heterocycles. The number of aliphatic hydroxyl groups excluding tert-OH is 1. The average molecular weight is 396 g/mol. The van der Waals surface area contributed by atoms with Crippen molar-refractivity contribution in [3.05, 3.63) is 102 Å². The van der Waals surface area contributed by atoms with E-state index < -0.39 is 6.10 Å². The number of hydrogen-bond acceptors (Lipinski definition) is 4. The van der Waals surface area contributed by atoms with Crippen LogP contribution in [0.25, 0.3) is 10.9 Å². The van der Waals surface area contributed by atoms with Crippen molar-refractivity contribution in [1.82, 2.24) is 9.97 Å². The fraction of sp³-hybridized carbons (Fsp3) is 0.231. The molecule has 30 heavy (non-hydrogen) atoms. The van der Waals surface area contributed by atoms with Crippen LogP contribution in [0.1, 0.15) is 34.9 Å². The van der Waals surface area contributed by atoms with E-state index in [4.69, 9.17) is 4.74 Å². The van der Waals surface area contributed by atoms with Crippen LogP contribution in [-0.4, -0.2) is 15.1 Å². The van der Waals surface area contributed by atoms with Crippen molar-refractivity contribution < 1.29 is 9.84 Å². The van der Waals surface area contributed by atoms with Gasteiger partial charge in [-0.3, -0.25) is 4.98 Å². The third-order valence-electron chi connectivity index (χ3n) is 5.93. The van der Waals surface area contributed by atoms with Gasteiger partial charge in [-0.25, -0.2) is 4.98 Å². The lowest BCUT2D eigenvalue weighted by Gasteiger charge is -2.30. The van der Waals surface area contributed by atoms with Crippen molar-refractivity contribution in [3.63, 3.8) is 0 Å². The Balaban J connectivity index is 1.30. The highest BCUT2D eigenvalue weighted by atomic mass is 16.5. The molecule has 0 saturated heterocycles. The molecule has 2 atom stereocenters. The first kappa shape index (κ1) is 18.8. The van der Waals surface area contributed by atoms with Crippen LogP contribution >= 0.6 is 0 Å². The van der Waals surface area contributed by atoms with Gasteiger partial charge in [0.25, 0.3) is 0 Å². The quantitative estimate of drug-likeness (QED) is 0.513. The summed E-state index contributed by atoms with van der Waals surface area (Å²) >= 11 is 0. The van der Waals surface area contributed by atoms with E-state index in [1.165, 1.54) is 11.1 Å². The average Bonchev–Trinajstić information content (AvgIpc) is 2.80. The lowest BCUT2D eigenvalue weighted by Crippen LogP contribution is -2.22. The molecule has 1 N–H and O–H groups in total. The molecule has 1 aliphatic carbocycles. The lowest BCUT2D eigenvalue weighted by atomic mass is 9.78. The summed E-state index contributed by atoms with van der Waals surface area (Å²) in [5.74, 6) is 0.962. The maximum atomic E-state index is 11.0. The Morgan fingerprint density at radius 2 is 1.93 bits per heavy atom. The molecule has 4 nitrogen and oxygen atoms in total. The van der Waals surface area contributed by atoms with Crippen LogP contribution in [0.15, 0.2) is 79.1 Å². The van der Waals surface area contributed by atoms with E-state index in [9.17, 15) is 5.11 Å². The highest BCUT2D eigenvalue weighted by Gasteiger charge is 2.28. The molecule has 2 aromatic carbocycles. The number of benzene rings is 2. The fourth-order valence-corrected chi connectivity index (χ4v) is 4.30. The van der Waals surface area contributed by atoms with Crippen LogP contribution in [0.5, 0.6) is 5.75 Å². The molecule has 0 amide bonds. The van der Waals surface area contributed by atoms with Crippen LogP contribution < -0.4 is 4.74 Å². The number of ether oxygens (including phenoxy) is 1. The Hall–Kier alpha value is -3.24. The summed E-state index contributed by atoms with van der Waals surface area (Å²) in [7, 11) is 0. The zero-order valence-electron chi connectivity index (χ0n) is 16.7. The third kappa shape index (κ3) is 3.91. The summed E-state index contributed by atoms with van der Waals surface area (Å²) in [5.41, 5.74) is 5.22. The molecule has 4 aromatic rings. The van der Waals surface area contributed by atoms with Gasteiger partial charge >= 0.3 is 0 Å². The van der Waals surface area contributed by atoms with E-state index in [0.29, 0.717) is 6.61 Å². The van der Waals surface area contributed by atoms with Gasteiger partial charge in [-0.1, -0.05) is 36.4 Å². The molecular formula is C26H24N2O2. The Bertz CT molecular complexity index is 1160. The molecule has 0 aliphatic heterocycles. The van der Waals surface area contributed by atoms with Gasteiger partial charge in [0, 0.05) is 17.8 Å². The van der Waals surface area contributed by atoms with E-state index in [0.717, 1.165) is 47.2 Å². The first-order valence-electron chi connectivity index (χ1n) is 10.4. The lowest BCUT2D eigenvalue weighted by molar-refractivity contribution is 0.0932. The Morgan fingerprint density at radius 3 is 2.83 bits per heavy atom.